The van der Waals surface area contributed by atoms with Gasteiger partial charge in [-0.15, -0.1) is 5.10 Å². The molecule has 2 amide bonds. The Hall–Kier alpha value is -3.43. The highest BCUT2D eigenvalue weighted by Gasteiger charge is 2.18. The molecule has 2 rings (SSSR count). The number of carbonyl (C=O) groups excluding carboxylic acids is 3. The highest BCUT2D eigenvalue weighted by Crippen LogP contribution is 2.13. The van der Waals surface area contributed by atoms with Crippen molar-refractivity contribution < 1.29 is 23.5 Å². The van der Waals surface area contributed by atoms with E-state index in [9.17, 15) is 19.2 Å². The average Bonchev–Trinajstić information content (AvgIpc) is 3.05. The minimum Gasteiger partial charge on any atom is -0.454 e. The number of hydrogen-bond donors (Lipinski definition) is 2. The van der Waals surface area contributed by atoms with Crippen LogP contribution in [0.15, 0.2) is 39.5 Å². The van der Waals surface area contributed by atoms with Crippen molar-refractivity contribution >= 4 is 17.8 Å². The lowest BCUT2D eigenvalue weighted by molar-refractivity contribution is -0.149. The first-order valence-electron chi connectivity index (χ1n) is 8.76. The van der Waals surface area contributed by atoms with Gasteiger partial charge in [-0.25, -0.2) is 4.79 Å². The highest BCUT2D eigenvalue weighted by molar-refractivity contribution is 5.88. The zero-order valence-corrected chi connectivity index (χ0v) is 15.6. The van der Waals surface area contributed by atoms with Crippen molar-refractivity contribution in [2.45, 2.75) is 32.9 Å². The molecule has 0 unspecified atom stereocenters. The summed E-state index contributed by atoms with van der Waals surface area (Å²) in [6.45, 7) is 2.85. The lowest BCUT2D eigenvalue weighted by Crippen LogP contribution is -2.46. The molecule has 0 bridgehead atoms. The van der Waals surface area contributed by atoms with Gasteiger partial charge in [-0.1, -0.05) is 25.1 Å². The summed E-state index contributed by atoms with van der Waals surface area (Å²) in [4.78, 5) is 47.1. The molecule has 0 aliphatic heterocycles. The van der Waals surface area contributed by atoms with Crippen molar-refractivity contribution in [3.63, 3.8) is 0 Å². The van der Waals surface area contributed by atoms with E-state index in [1.165, 1.54) is 6.92 Å². The molecule has 1 atom stereocenters. The molecule has 150 valence electrons. The lowest BCUT2D eigenvalue weighted by Gasteiger charge is -2.13. The summed E-state index contributed by atoms with van der Waals surface area (Å²) in [7, 11) is 0. The maximum Gasteiger partial charge on any atom is 0.437 e. The Balaban J connectivity index is 1.83. The average molecular weight is 390 g/mol. The predicted molar refractivity (Wildman–Crippen MR) is 98.1 cm³/mol. The molecule has 0 aliphatic rings. The second-order valence-electron chi connectivity index (χ2n) is 5.94. The second-order valence-corrected chi connectivity index (χ2v) is 5.94. The number of hydrogen-bond acceptors (Lipinski definition) is 7. The van der Waals surface area contributed by atoms with Crippen LogP contribution in [0.1, 0.15) is 20.3 Å². The Morgan fingerprint density at radius 2 is 1.96 bits per heavy atom. The van der Waals surface area contributed by atoms with Crippen molar-refractivity contribution in [1.29, 1.82) is 0 Å². The molecule has 0 saturated carbocycles. The highest BCUT2D eigenvalue weighted by atomic mass is 16.5. The van der Waals surface area contributed by atoms with E-state index in [2.05, 4.69) is 15.7 Å². The Morgan fingerprint density at radius 1 is 1.25 bits per heavy atom. The van der Waals surface area contributed by atoms with E-state index in [-0.39, 0.29) is 11.8 Å². The van der Waals surface area contributed by atoms with Crippen molar-refractivity contribution in [2.24, 2.45) is 0 Å². The van der Waals surface area contributed by atoms with Crippen LogP contribution in [0.25, 0.3) is 11.5 Å². The molecular formula is C18H22N4O6. The minimum atomic E-state index is -0.840. The molecule has 2 N–H and O–H groups in total. The summed E-state index contributed by atoms with van der Waals surface area (Å²) in [6, 6.07) is 7.96. The molecule has 0 radical (unpaired) electrons. The maximum absolute atomic E-state index is 11.9. The molecule has 28 heavy (non-hydrogen) atoms. The molecule has 1 heterocycles. The number of nitrogens with one attached hydrogen (secondary N) is 2. The van der Waals surface area contributed by atoms with Gasteiger partial charge in [-0.2, -0.15) is 4.68 Å². The van der Waals surface area contributed by atoms with E-state index in [0.29, 0.717) is 12.1 Å². The third-order valence-corrected chi connectivity index (χ3v) is 3.59. The van der Waals surface area contributed by atoms with E-state index in [0.717, 1.165) is 11.1 Å². The minimum absolute atomic E-state index is 0.0723. The molecule has 0 aliphatic carbocycles. The molecule has 0 spiro atoms. The summed E-state index contributed by atoms with van der Waals surface area (Å²) in [5.74, 6) is -2.55. The topological polar surface area (TPSA) is 133 Å². The number of ether oxygens (including phenoxy) is 1. The van der Waals surface area contributed by atoms with Crippen molar-refractivity contribution in [3.8, 4) is 11.5 Å². The summed E-state index contributed by atoms with van der Waals surface area (Å²) in [5, 5.41) is 8.98. The van der Waals surface area contributed by atoms with Gasteiger partial charge in [0.15, 0.2) is 6.61 Å². The maximum atomic E-state index is 11.9. The lowest BCUT2D eigenvalue weighted by atomic mass is 10.2. The fourth-order valence-corrected chi connectivity index (χ4v) is 2.17. The first-order valence-corrected chi connectivity index (χ1v) is 8.76. The Kier molecular flexibility index (Phi) is 7.49. The van der Waals surface area contributed by atoms with Gasteiger partial charge >= 0.3 is 11.7 Å². The molecule has 1 aromatic carbocycles. The van der Waals surface area contributed by atoms with Crippen LogP contribution in [0.4, 0.5) is 0 Å². The van der Waals surface area contributed by atoms with E-state index < -0.39 is 36.8 Å². The Bertz CT molecular complexity index is 874. The van der Waals surface area contributed by atoms with Crippen molar-refractivity contribution in [2.75, 3.05) is 13.2 Å². The fraction of sp³-hybridized carbons (Fsp3) is 0.389. The largest absolute Gasteiger partial charge is 0.454 e. The smallest absolute Gasteiger partial charge is 0.437 e. The molecule has 10 heteroatoms. The van der Waals surface area contributed by atoms with E-state index in [1.807, 2.05) is 6.92 Å². The molecule has 1 aromatic heterocycles. The van der Waals surface area contributed by atoms with E-state index in [1.54, 1.807) is 30.3 Å². The van der Waals surface area contributed by atoms with E-state index >= 15 is 0 Å². The van der Waals surface area contributed by atoms with Crippen LogP contribution in [0.3, 0.4) is 0 Å². The summed E-state index contributed by atoms with van der Waals surface area (Å²) < 4.78 is 10.6. The third-order valence-electron chi connectivity index (χ3n) is 3.59. The van der Waals surface area contributed by atoms with Crippen LogP contribution in [-0.4, -0.2) is 46.8 Å². The van der Waals surface area contributed by atoms with Crippen LogP contribution in [0.5, 0.6) is 0 Å². The predicted octanol–water partition coefficient (Wildman–Crippen LogP) is 0.0774. The van der Waals surface area contributed by atoms with Crippen LogP contribution < -0.4 is 16.4 Å². The SMILES string of the molecule is CCCNC(=O)[C@@H](C)NC(=O)COC(=O)Cn1nc(-c2ccccc2)oc1=O. The fourth-order valence-electron chi connectivity index (χ4n) is 2.17. The molecule has 10 nitrogen and oxygen atoms in total. The van der Waals surface area contributed by atoms with Gasteiger partial charge < -0.3 is 19.8 Å². The number of esters is 1. The van der Waals surface area contributed by atoms with Gasteiger partial charge in [-0.05, 0) is 25.5 Å². The zero-order chi connectivity index (χ0) is 20.5. The molecule has 0 saturated heterocycles. The number of aromatic nitrogens is 2. The van der Waals surface area contributed by atoms with Crippen molar-refractivity contribution in [1.82, 2.24) is 20.4 Å². The quantitative estimate of drug-likeness (QED) is 0.579. The number of carbonyl (C=O) groups is 3. The first kappa shape index (κ1) is 20.9. The van der Waals surface area contributed by atoms with Gasteiger partial charge in [0.05, 0.1) is 0 Å². The number of benzene rings is 1. The molecule has 2 aromatic rings. The Labute approximate surface area is 160 Å². The van der Waals surface area contributed by atoms with Crippen LogP contribution in [-0.2, 0) is 25.7 Å². The van der Waals surface area contributed by atoms with Gasteiger partial charge in [0.2, 0.25) is 11.8 Å². The van der Waals surface area contributed by atoms with Gasteiger partial charge in [0, 0.05) is 12.1 Å². The number of rotatable bonds is 9. The summed E-state index contributed by atoms with van der Waals surface area (Å²) in [6.07, 6.45) is 0.775. The van der Waals surface area contributed by atoms with Crippen LogP contribution >= 0.6 is 0 Å². The summed E-state index contributed by atoms with van der Waals surface area (Å²) >= 11 is 0. The molecular weight excluding hydrogens is 368 g/mol. The van der Waals surface area contributed by atoms with Crippen molar-refractivity contribution in [3.05, 3.63) is 40.9 Å². The van der Waals surface area contributed by atoms with Crippen LogP contribution in [0.2, 0.25) is 0 Å². The normalized spacial score (nSPS) is 11.5. The molecule has 0 fully saturated rings. The number of nitrogens with zero attached hydrogens (tertiary/aromatic N) is 2. The monoisotopic (exact) mass is 390 g/mol. The van der Waals surface area contributed by atoms with E-state index in [4.69, 9.17) is 9.15 Å². The summed E-state index contributed by atoms with van der Waals surface area (Å²) in [5.41, 5.74) is 0.585. The first-order chi connectivity index (χ1) is 13.4. The van der Waals surface area contributed by atoms with Gasteiger partial charge in [0.25, 0.3) is 5.91 Å². The zero-order valence-electron chi connectivity index (χ0n) is 15.6. The standard InChI is InChI=1S/C18H22N4O6/c1-3-9-19-16(25)12(2)20-14(23)11-27-15(24)10-22-18(26)28-17(21-22)13-7-5-4-6-8-13/h4-8,12H,3,9-11H2,1-2H3,(H,19,25)(H,20,23)/t12-/m1/s1. The number of amides is 2. The second kappa shape index (κ2) is 10.0. The third kappa shape index (κ3) is 6.08. The van der Waals surface area contributed by atoms with Gasteiger partial charge in [-0.3, -0.25) is 14.4 Å². The van der Waals surface area contributed by atoms with Crippen LogP contribution in [0, 0.1) is 0 Å². The Morgan fingerprint density at radius 3 is 2.64 bits per heavy atom. The van der Waals surface area contributed by atoms with Gasteiger partial charge in [0.1, 0.15) is 12.6 Å².